The lowest BCUT2D eigenvalue weighted by Crippen LogP contribution is -2.33. The minimum Gasteiger partial charge on any atom is -0.338 e. The third-order valence-electron chi connectivity index (χ3n) is 5.03. The van der Waals surface area contributed by atoms with Crippen LogP contribution in [0.5, 0.6) is 0 Å². The summed E-state index contributed by atoms with van der Waals surface area (Å²) in [7, 11) is 0. The van der Waals surface area contributed by atoms with Gasteiger partial charge in [-0.3, -0.25) is 9.59 Å². The van der Waals surface area contributed by atoms with Crippen LogP contribution >= 0.6 is 0 Å². The lowest BCUT2D eigenvalue weighted by Gasteiger charge is -2.24. The summed E-state index contributed by atoms with van der Waals surface area (Å²) in [6, 6.07) is 25.1. The van der Waals surface area contributed by atoms with Gasteiger partial charge in [-0.15, -0.1) is 0 Å². The lowest BCUT2D eigenvalue weighted by molar-refractivity contribution is -0.133. The van der Waals surface area contributed by atoms with Crippen molar-refractivity contribution < 1.29 is 9.18 Å². The number of benzene rings is 3. The molecule has 0 N–H and O–H groups in total. The summed E-state index contributed by atoms with van der Waals surface area (Å²) >= 11 is 0. The van der Waals surface area contributed by atoms with Crippen LogP contribution in [0.4, 0.5) is 4.39 Å². The summed E-state index contributed by atoms with van der Waals surface area (Å²) in [4.78, 5) is 27.2. The highest BCUT2D eigenvalue weighted by molar-refractivity contribution is 5.82. The van der Waals surface area contributed by atoms with Crippen molar-refractivity contribution in [2.24, 2.45) is 0 Å². The number of halogens is 1. The first kappa shape index (κ1) is 19.6. The molecule has 0 aliphatic heterocycles. The molecule has 0 radical (unpaired) electrons. The van der Waals surface area contributed by atoms with E-state index in [1.807, 2.05) is 60.7 Å². The van der Waals surface area contributed by atoms with Gasteiger partial charge in [-0.25, -0.2) is 4.39 Å². The Bertz CT molecular complexity index is 1180. The molecule has 0 atom stereocenters. The maximum absolute atomic E-state index is 13.6. The molecule has 30 heavy (non-hydrogen) atoms. The Morgan fingerprint density at radius 3 is 2.03 bits per heavy atom. The van der Waals surface area contributed by atoms with Crippen molar-refractivity contribution in [3.8, 4) is 0 Å². The molecule has 0 fully saturated rings. The first-order valence-electron chi connectivity index (χ1n) is 9.74. The number of hydrogen-bond acceptors (Lipinski definition) is 2. The molecule has 0 saturated heterocycles. The number of rotatable bonds is 6. The van der Waals surface area contributed by atoms with Crippen LogP contribution in [0.2, 0.25) is 0 Å². The van der Waals surface area contributed by atoms with Gasteiger partial charge in [0.2, 0.25) is 5.91 Å². The zero-order valence-electron chi connectivity index (χ0n) is 16.4. The SMILES string of the molecule is O=C(Cn1ccc(=O)c2cc(F)ccc21)N(Cc1ccccc1)Cc1ccccc1. The van der Waals surface area contributed by atoms with Crippen molar-refractivity contribution in [1.82, 2.24) is 9.47 Å². The fourth-order valence-corrected chi connectivity index (χ4v) is 3.51. The summed E-state index contributed by atoms with van der Waals surface area (Å²) in [5.41, 5.74) is 2.34. The Labute approximate surface area is 173 Å². The van der Waals surface area contributed by atoms with E-state index in [1.54, 1.807) is 15.7 Å². The van der Waals surface area contributed by atoms with Gasteiger partial charge >= 0.3 is 0 Å². The van der Waals surface area contributed by atoms with Crippen molar-refractivity contribution in [3.05, 3.63) is 118 Å². The minimum absolute atomic E-state index is 0.0576. The van der Waals surface area contributed by atoms with E-state index < -0.39 is 5.82 Å². The Balaban J connectivity index is 1.64. The smallest absolute Gasteiger partial charge is 0.243 e. The second kappa shape index (κ2) is 8.74. The topological polar surface area (TPSA) is 42.3 Å². The standard InChI is InChI=1S/C25H21FN2O2/c26-21-11-12-23-22(15-21)24(29)13-14-27(23)18-25(30)28(16-19-7-3-1-4-8-19)17-20-9-5-2-6-10-20/h1-15H,16-18H2. The van der Waals surface area contributed by atoms with E-state index in [4.69, 9.17) is 0 Å². The van der Waals surface area contributed by atoms with E-state index in [0.29, 0.717) is 18.6 Å². The van der Waals surface area contributed by atoms with Gasteiger partial charge in [0, 0.05) is 30.7 Å². The first-order chi connectivity index (χ1) is 14.6. The number of aromatic nitrogens is 1. The molecule has 0 unspecified atom stereocenters. The number of carbonyl (C=O) groups is 1. The summed E-state index contributed by atoms with van der Waals surface area (Å²) in [5, 5.41) is 0.267. The predicted octanol–water partition coefficient (Wildman–Crippen LogP) is 4.37. The first-order valence-corrected chi connectivity index (χ1v) is 9.74. The normalized spacial score (nSPS) is 10.8. The minimum atomic E-state index is -0.474. The molecule has 4 nitrogen and oxygen atoms in total. The number of hydrogen-bond donors (Lipinski definition) is 0. The summed E-state index contributed by atoms with van der Waals surface area (Å²) in [6.45, 7) is 1.00. The Morgan fingerprint density at radius 1 is 0.833 bits per heavy atom. The highest BCUT2D eigenvalue weighted by Gasteiger charge is 2.16. The van der Waals surface area contributed by atoms with Crippen LogP contribution in [0.15, 0.2) is 95.9 Å². The van der Waals surface area contributed by atoms with Crippen molar-refractivity contribution >= 4 is 16.8 Å². The van der Waals surface area contributed by atoms with Crippen molar-refractivity contribution in [2.45, 2.75) is 19.6 Å². The summed E-state index contributed by atoms with van der Waals surface area (Å²) in [6.07, 6.45) is 1.59. The Kier molecular flexibility index (Phi) is 5.70. The molecular formula is C25H21FN2O2. The van der Waals surface area contributed by atoms with Gasteiger partial charge < -0.3 is 9.47 Å². The average Bonchev–Trinajstić information content (AvgIpc) is 2.77. The average molecular weight is 400 g/mol. The van der Waals surface area contributed by atoms with Gasteiger partial charge in [0.05, 0.1) is 5.52 Å². The van der Waals surface area contributed by atoms with Crippen LogP contribution in [-0.4, -0.2) is 15.4 Å². The highest BCUT2D eigenvalue weighted by Crippen LogP contribution is 2.15. The molecule has 1 heterocycles. The molecule has 150 valence electrons. The molecule has 5 heteroatoms. The zero-order chi connectivity index (χ0) is 20.9. The highest BCUT2D eigenvalue weighted by atomic mass is 19.1. The van der Waals surface area contributed by atoms with Crippen molar-refractivity contribution in [3.63, 3.8) is 0 Å². The van der Waals surface area contributed by atoms with Crippen LogP contribution in [0.25, 0.3) is 10.9 Å². The Hall–Kier alpha value is -3.73. The van der Waals surface area contributed by atoms with E-state index in [-0.39, 0.29) is 23.3 Å². The second-order valence-corrected chi connectivity index (χ2v) is 7.19. The maximum atomic E-state index is 13.6. The third-order valence-corrected chi connectivity index (χ3v) is 5.03. The van der Waals surface area contributed by atoms with Gasteiger partial charge in [-0.05, 0) is 29.3 Å². The van der Waals surface area contributed by atoms with E-state index in [2.05, 4.69) is 0 Å². The van der Waals surface area contributed by atoms with Crippen LogP contribution in [0.1, 0.15) is 11.1 Å². The Morgan fingerprint density at radius 2 is 1.43 bits per heavy atom. The van der Waals surface area contributed by atoms with E-state index in [9.17, 15) is 14.0 Å². The molecule has 1 aromatic heterocycles. The molecule has 0 aliphatic rings. The number of fused-ring (bicyclic) bond motifs is 1. The molecule has 0 spiro atoms. The molecule has 4 aromatic rings. The molecule has 4 rings (SSSR count). The van der Waals surface area contributed by atoms with Crippen LogP contribution in [0, 0.1) is 5.82 Å². The van der Waals surface area contributed by atoms with Gasteiger partial charge in [0.15, 0.2) is 5.43 Å². The fraction of sp³-hybridized carbons (Fsp3) is 0.120. The largest absolute Gasteiger partial charge is 0.338 e. The van der Waals surface area contributed by atoms with E-state index >= 15 is 0 Å². The predicted molar refractivity (Wildman–Crippen MR) is 115 cm³/mol. The molecule has 1 amide bonds. The molecule has 0 saturated carbocycles. The molecule has 0 bridgehead atoms. The van der Waals surface area contributed by atoms with Crippen LogP contribution in [-0.2, 0) is 24.4 Å². The fourth-order valence-electron chi connectivity index (χ4n) is 3.51. The van der Waals surface area contributed by atoms with Crippen LogP contribution in [0.3, 0.4) is 0 Å². The van der Waals surface area contributed by atoms with Gasteiger partial charge in [-0.2, -0.15) is 0 Å². The van der Waals surface area contributed by atoms with Gasteiger partial charge in [-0.1, -0.05) is 60.7 Å². The summed E-state index contributed by atoms with van der Waals surface area (Å²) in [5.74, 6) is -0.560. The van der Waals surface area contributed by atoms with Gasteiger partial charge in [0.1, 0.15) is 12.4 Å². The lowest BCUT2D eigenvalue weighted by atomic mass is 10.1. The number of carbonyl (C=O) groups excluding carboxylic acids is 1. The monoisotopic (exact) mass is 400 g/mol. The van der Waals surface area contributed by atoms with E-state index in [0.717, 1.165) is 11.1 Å². The summed E-state index contributed by atoms with van der Waals surface area (Å²) < 4.78 is 15.3. The van der Waals surface area contributed by atoms with Crippen molar-refractivity contribution in [1.29, 1.82) is 0 Å². The zero-order valence-corrected chi connectivity index (χ0v) is 16.4. The van der Waals surface area contributed by atoms with Crippen LogP contribution < -0.4 is 5.43 Å². The number of amides is 1. The molecule has 3 aromatic carbocycles. The van der Waals surface area contributed by atoms with Crippen molar-refractivity contribution in [2.75, 3.05) is 0 Å². The van der Waals surface area contributed by atoms with E-state index in [1.165, 1.54) is 24.3 Å². The van der Waals surface area contributed by atoms with Gasteiger partial charge in [0.25, 0.3) is 0 Å². The quantitative estimate of drug-likeness (QED) is 0.482. The molecule has 0 aliphatic carbocycles. The molecular weight excluding hydrogens is 379 g/mol. The third kappa shape index (κ3) is 4.46. The number of pyridine rings is 1. The number of nitrogens with zero attached hydrogens (tertiary/aromatic N) is 2. The maximum Gasteiger partial charge on any atom is 0.243 e. The second-order valence-electron chi connectivity index (χ2n) is 7.19.